The van der Waals surface area contributed by atoms with Crippen LogP contribution in [0.25, 0.3) is 0 Å². The molecule has 1 amide bonds. The van der Waals surface area contributed by atoms with Crippen LogP contribution in [0.1, 0.15) is 24.5 Å². The highest BCUT2D eigenvalue weighted by molar-refractivity contribution is 5.83. The van der Waals surface area contributed by atoms with E-state index < -0.39 is 12.1 Å². The molecule has 1 aliphatic rings. The molecule has 0 radical (unpaired) electrons. The number of benzene rings is 1. The van der Waals surface area contributed by atoms with Crippen molar-refractivity contribution in [2.75, 3.05) is 20.8 Å². The second-order valence-electron chi connectivity index (χ2n) is 5.36. The number of carboxylic acid groups (broad SMARTS) is 1. The molecule has 6 nitrogen and oxygen atoms in total. The van der Waals surface area contributed by atoms with Gasteiger partial charge in [0.25, 0.3) is 5.91 Å². The van der Waals surface area contributed by atoms with Crippen molar-refractivity contribution in [2.45, 2.75) is 31.1 Å². The molecule has 0 bridgehead atoms. The molecule has 22 heavy (non-hydrogen) atoms. The molecule has 1 fully saturated rings. The van der Waals surface area contributed by atoms with Crippen LogP contribution in [0.2, 0.25) is 0 Å². The molecular formula is C16H21NO5. The summed E-state index contributed by atoms with van der Waals surface area (Å²) in [4.78, 5) is 25.4. The minimum Gasteiger partial charge on any atom is -0.481 e. The van der Waals surface area contributed by atoms with E-state index in [1.165, 1.54) is 7.11 Å². The zero-order valence-corrected chi connectivity index (χ0v) is 12.8. The van der Waals surface area contributed by atoms with E-state index in [-0.39, 0.29) is 24.5 Å². The normalized spacial score (nSPS) is 22.5. The van der Waals surface area contributed by atoms with E-state index in [9.17, 15) is 9.59 Å². The number of hydrogen-bond acceptors (Lipinski definition) is 4. The SMILES string of the molecule is COC1CC(CC(=O)O)N(C(=O)[C@H](OC)c2ccccc2)C1. The van der Waals surface area contributed by atoms with Crippen molar-refractivity contribution in [3.63, 3.8) is 0 Å². The Morgan fingerprint density at radius 3 is 2.55 bits per heavy atom. The number of methoxy groups -OCH3 is 2. The van der Waals surface area contributed by atoms with Gasteiger partial charge in [-0.3, -0.25) is 9.59 Å². The molecule has 2 unspecified atom stereocenters. The van der Waals surface area contributed by atoms with Crippen LogP contribution in [0, 0.1) is 0 Å². The number of amides is 1. The topological polar surface area (TPSA) is 76.1 Å². The van der Waals surface area contributed by atoms with Crippen molar-refractivity contribution >= 4 is 11.9 Å². The van der Waals surface area contributed by atoms with Crippen molar-refractivity contribution in [1.29, 1.82) is 0 Å². The fourth-order valence-corrected chi connectivity index (χ4v) is 2.87. The number of likely N-dealkylation sites (tertiary alicyclic amines) is 1. The van der Waals surface area contributed by atoms with Gasteiger partial charge in [-0.15, -0.1) is 0 Å². The van der Waals surface area contributed by atoms with Crippen LogP contribution < -0.4 is 0 Å². The zero-order chi connectivity index (χ0) is 16.1. The predicted octanol–water partition coefficient (Wildman–Crippen LogP) is 1.46. The summed E-state index contributed by atoms with van der Waals surface area (Å²) in [6.07, 6.45) is -0.425. The minimum absolute atomic E-state index is 0.0865. The molecule has 1 N–H and O–H groups in total. The maximum Gasteiger partial charge on any atom is 0.305 e. The van der Waals surface area contributed by atoms with E-state index in [1.807, 2.05) is 30.3 Å². The largest absolute Gasteiger partial charge is 0.481 e. The Morgan fingerprint density at radius 1 is 1.32 bits per heavy atom. The van der Waals surface area contributed by atoms with Crippen LogP contribution in [0.15, 0.2) is 30.3 Å². The second kappa shape index (κ2) is 7.38. The van der Waals surface area contributed by atoms with Crippen LogP contribution in [0.3, 0.4) is 0 Å². The highest BCUT2D eigenvalue weighted by Crippen LogP contribution is 2.28. The molecule has 0 saturated carbocycles. The number of hydrogen-bond donors (Lipinski definition) is 1. The average molecular weight is 307 g/mol. The molecular weight excluding hydrogens is 286 g/mol. The monoisotopic (exact) mass is 307 g/mol. The summed E-state index contributed by atoms with van der Waals surface area (Å²) in [5, 5.41) is 9.04. The van der Waals surface area contributed by atoms with Crippen molar-refractivity contribution in [3.8, 4) is 0 Å². The van der Waals surface area contributed by atoms with Crippen LogP contribution in [0.4, 0.5) is 0 Å². The number of carbonyl (C=O) groups excluding carboxylic acids is 1. The first kappa shape index (κ1) is 16.5. The molecule has 1 aliphatic heterocycles. The van der Waals surface area contributed by atoms with E-state index in [2.05, 4.69) is 0 Å². The first-order valence-electron chi connectivity index (χ1n) is 7.19. The summed E-state index contributed by atoms with van der Waals surface area (Å²) < 4.78 is 10.6. The molecule has 0 spiro atoms. The molecule has 1 heterocycles. The van der Waals surface area contributed by atoms with E-state index in [1.54, 1.807) is 12.0 Å². The maximum absolute atomic E-state index is 12.8. The minimum atomic E-state index is -0.923. The summed E-state index contributed by atoms with van der Waals surface area (Å²) in [7, 11) is 3.05. The van der Waals surface area contributed by atoms with E-state index in [4.69, 9.17) is 14.6 Å². The number of carbonyl (C=O) groups is 2. The van der Waals surface area contributed by atoms with E-state index >= 15 is 0 Å². The highest BCUT2D eigenvalue weighted by atomic mass is 16.5. The molecule has 0 aromatic heterocycles. The smallest absolute Gasteiger partial charge is 0.305 e. The molecule has 120 valence electrons. The summed E-state index contributed by atoms with van der Waals surface area (Å²) in [5.41, 5.74) is 0.755. The third kappa shape index (κ3) is 3.64. The molecule has 1 saturated heterocycles. The first-order chi connectivity index (χ1) is 10.6. The quantitative estimate of drug-likeness (QED) is 0.861. The van der Waals surface area contributed by atoms with Gasteiger partial charge < -0.3 is 19.5 Å². The lowest BCUT2D eigenvalue weighted by Crippen LogP contribution is -2.40. The molecule has 1 aromatic rings. The van der Waals surface area contributed by atoms with Crippen molar-refractivity contribution in [2.24, 2.45) is 0 Å². The van der Waals surface area contributed by atoms with Gasteiger partial charge in [0.1, 0.15) is 0 Å². The number of ether oxygens (including phenoxy) is 2. The van der Waals surface area contributed by atoms with Gasteiger partial charge in [0.05, 0.1) is 12.5 Å². The van der Waals surface area contributed by atoms with Crippen molar-refractivity contribution in [1.82, 2.24) is 4.90 Å². The summed E-state index contributed by atoms with van der Waals surface area (Å²) in [6, 6.07) is 8.82. The molecule has 0 aliphatic carbocycles. The van der Waals surface area contributed by atoms with Crippen molar-refractivity contribution < 1.29 is 24.2 Å². The fraction of sp³-hybridized carbons (Fsp3) is 0.500. The van der Waals surface area contributed by atoms with Gasteiger partial charge in [0, 0.05) is 26.8 Å². The van der Waals surface area contributed by atoms with Crippen LogP contribution in [0.5, 0.6) is 0 Å². The van der Waals surface area contributed by atoms with Gasteiger partial charge in [0.15, 0.2) is 6.10 Å². The van der Waals surface area contributed by atoms with Crippen LogP contribution >= 0.6 is 0 Å². The van der Waals surface area contributed by atoms with Crippen LogP contribution in [-0.2, 0) is 19.1 Å². The standard InChI is InChI=1S/C16H21NO5/c1-21-13-8-12(9-14(18)19)17(10-13)16(20)15(22-2)11-6-4-3-5-7-11/h3-7,12-13,15H,8-10H2,1-2H3,(H,18,19)/t12?,13?,15-/m1/s1. The predicted molar refractivity (Wildman–Crippen MR) is 79.4 cm³/mol. The Labute approximate surface area is 129 Å². The summed E-state index contributed by atoms with van der Waals surface area (Å²) in [5.74, 6) is -1.15. The number of aliphatic carboxylic acids is 1. The van der Waals surface area contributed by atoms with Gasteiger partial charge in [-0.1, -0.05) is 30.3 Å². The lowest BCUT2D eigenvalue weighted by atomic mass is 10.1. The van der Waals surface area contributed by atoms with Gasteiger partial charge in [0.2, 0.25) is 0 Å². The second-order valence-corrected chi connectivity index (χ2v) is 5.36. The molecule has 2 rings (SSSR count). The summed E-state index contributed by atoms with van der Waals surface area (Å²) >= 11 is 0. The highest BCUT2D eigenvalue weighted by Gasteiger charge is 2.39. The molecule has 6 heteroatoms. The van der Waals surface area contributed by atoms with Gasteiger partial charge in [-0.05, 0) is 12.0 Å². The maximum atomic E-state index is 12.8. The summed E-state index contributed by atoms with van der Waals surface area (Å²) in [6.45, 7) is 0.389. The Morgan fingerprint density at radius 2 is 2.00 bits per heavy atom. The Balaban J connectivity index is 2.19. The van der Waals surface area contributed by atoms with Gasteiger partial charge >= 0.3 is 5.97 Å². The Hall–Kier alpha value is -1.92. The van der Waals surface area contributed by atoms with E-state index in [0.29, 0.717) is 13.0 Å². The third-order valence-corrected chi connectivity index (χ3v) is 3.97. The van der Waals surface area contributed by atoms with Crippen molar-refractivity contribution in [3.05, 3.63) is 35.9 Å². The first-order valence-corrected chi connectivity index (χ1v) is 7.19. The Bertz CT molecular complexity index is 519. The molecule has 1 aromatic carbocycles. The number of nitrogens with zero attached hydrogens (tertiary/aromatic N) is 1. The lowest BCUT2D eigenvalue weighted by molar-refractivity contribution is -0.145. The third-order valence-electron chi connectivity index (χ3n) is 3.97. The zero-order valence-electron chi connectivity index (χ0n) is 12.8. The van der Waals surface area contributed by atoms with Gasteiger partial charge in [-0.25, -0.2) is 0 Å². The Kier molecular flexibility index (Phi) is 5.51. The number of carboxylic acids is 1. The average Bonchev–Trinajstić information content (AvgIpc) is 2.91. The van der Waals surface area contributed by atoms with E-state index in [0.717, 1.165) is 5.56 Å². The van der Waals surface area contributed by atoms with Crippen LogP contribution in [-0.4, -0.2) is 54.8 Å². The fourth-order valence-electron chi connectivity index (χ4n) is 2.87. The van der Waals surface area contributed by atoms with Gasteiger partial charge in [-0.2, -0.15) is 0 Å². The molecule has 3 atom stereocenters. The number of rotatable bonds is 6. The lowest BCUT2D eigenvalue weighted by Gasteiger charge is -2.27.